The Hall–Kier alpha value is -4.19. The number of carbonyl (C=O) groups is 3. The number of imide groups is 1. The van der Waals surface area contributed by atoms with Crippen LogP contribution in [0, 0.1) is 5.92 Å². The van der Waals surface area contributed by atoms with Crippen LogP contribution < -0.4 is 10.2 Å². The van der Waals surface area contributed by atoms with Crippen LogP contribution >= 0.6 is 0 Å². The van der Waals surface area contributed by atoms with Crippen molar-refractivity contribution in [3.63, 3.8) is 0 Å². The van der Waals surface area contributed by atoms with E-state index in [4.69, 9.17) is 4.74 Å². The van der Waals surface area contributed by atoms with Crippen LogP contribution in [0.4, 0.5) is 11.4 Å². The summed E-state index contributed by atoms with van der Waals surface area (Å²) in [6.07, 6.45) is 0. The first kappa shape index (κ1) is 20.4. The van der Waals surface area contributed by atoms with Gasteiger partial charge in [-0.1, -0.05) is 66.7 Å². The monoisotopic (exact) mass is 450 g/mol. The third-order valence-electron chi connectivity index (χ3n) is 6.85. The number of ether oxygens (including phenoxy) is 1. The van der Waals surface area contributed by atoms with E-state index >= 15 is 0 Å². The highest BCUT2D eigenvalue weighted by Gasteiger charge is 2.57. The standard InChI is InChI=1S/C28H22N2O4/c1-2-34-28(33)22-21-19-14-8-6-12-17(19)18-13-7-9-15-20(18)24(21)29-25-23(22)26(31)30(27(25)32)16-10-4-3-5-11-16/h3-15,22-23,25,29H,2H2,1H3. The topological polar surface area (TPSA) is 75.7 Å². The van der Waals surface area contributed by atoms with Crippen molar-refractivity contribution >= 4 is 50.7 Å². The number of benzene rings is 4. The van der Waals surface area contributed by atoms with Crippen molar-refractivity contribution < 1.29 is 19.1 Å². The molecule has 1 N–H and O–H groups in total. The van der Waals surface area contributed by atoms with Crippen LogP contribution in [0.2, 0.25) is 0 Å². The van der Waals surface area contributed by atoms with Gasteiger partial charge in [0.25, 0.3) is 5.91 Å². The van der Waals surface area contributed by atoms with Crippen LogP contribution in [-0.4, -0.2) is 30.4 Å². The van der Waals surface area contributed by atoms with Gasteiger partial charge in [0.15, 0.2) is 0 Å². The molecule has 4 aromatic carbocycles. The number of fused-ring (bicyclic) bond motifs is 7. The van der Waals surface area contributed by atoms with E-state index in [0.29, 0.717) is 16.9 Å². The van der Waals surface area contributed by atoms with Crippen molar-refractivity contribution in [2.45, 2.75) is 18.9 Å². The van der Waals surface area contributed by atoms with Gasteiger partial charge in [0.05, 0.1) is 24.1 Å². The summed E-state index contributed by atoms with van der Waals surface area (Å²) in [5, 5.41) is 7.16. The quantitative estimate of drug-likeness (QED) is 0.280. The van der Waals surface area contributed by atoms with Crippen molar-refractivity contribution in [3.8, 4) is 0 Å². The van der Waals surface area contributed by atoms with Gasteiger partial charge in [-0.2, -0.15) is 0 Å². The van der Waals surface area contributed by atoms with E-state index < -0.39 is 29.8 Å². The smallest absolute Gasteiger partial charge is 0.314 e. The lowest BCUT2D eigenvalue weighted by molar-refractivity contribution is -0.148. The highest BCUT2D eigenvalue weighted by Crippen LogP contribution is 2.50. The maximum Gasteiger partial charge on any atom is 0.314 e. The fourth-order valence-corrected chi connectivity index (χ4v) is 5.49. The third-order valence-corrected chi connectivity index (χ3v) is 6.85. The van der Waals surface area contributed by atoms with E-state index in [-0.39, 0.29) is 12.5 Å². The number of hydrogen-bond donors (Lipinski definition) is 1. The Bertz CT molecular complexity index is 1480. The molecule has 2 aliphatic rings. The van der Waals surface area contributed by atoms with Crippen molar-refractivity contribution in [2.75, 3.05) is 16.8 Å². The predicted octanol–water partition coefficient (Wildman–Crippen LogP) is 4.62. The number of para-hydroxylation sites is 1. The van der Waals surface area contributed by atoms with Gasteiger partial charge in [0, 0.05) is 11.1 Å². The molecule has 168 valence electrons. The molecule has 0 aliphatic carbocycles. The Morgan fingerprint density at radius 2 is 1.41 bits per heavy atom. The van der Waals surface area contributed by atoms with Crippen LogP contribution in [0.25, 0.3) is 21.5 Å². The zero-order valence-corrected chi connectivity index (χ0v) is 18.5. The predicted molar refractivity (Wildman–Crippen MR) is 131 cm³/mol. The van der Waals surface area contributed by atoms with E-state index in [2.05, 4.69) is 5.32 Å². The summed E-state index contributed by atoms with van der Waals surface area (Å²) in [6.45, 7) is 1.93. The molecule has 0 saturated carbocycles. The van der Waals surface area contributed by atoms with Gasteiger partial charge in [-0.05, 0) is 40.8 Å². The number of amides is 2. The first-order chi connectivity index (χ1) is 16.6. The maximum absolute atomic E-state index is 13.7. The minimum atomic E-state index is -0.902. The third kappa shape index (κ3) is 2.78. The number of anilines is 2. The number of nitrogens with one attached hydrogen (secondary N) is 1. The van der Waals surface area contributed by atoms with Gasteiger partial charge >= 0.3 is 5.97 Å². The maximum atomic E-state index is 13.7. The fraction of sp³-hybridized carbons (Fsp3) is 0.179. The molecule has 1 fully saturated rings. The van der Waals surface area contributed by atoms with Gasteiger partial charge in [0.2, 0.25) is 5.91 Å². The van der Waals surface area contributed by atoms with Crippen LogP contribution in [0.15, 0.2) is 78.9 Å². The molecule has 3 unspecified atom stereocenters. The number of carbonyl (C=O) groups excluding carboxylic acids is 3. The molecule has 6 rings (SSSR count). The van der Waals surface area contributed by atoms with Gasteiger partial charge in [-0.15, -0.1) is 0 Å². The van der Waals surface area contributed by atoms with Crippen LogP contribution in [-0.2, 0) is 19.1 Å². The lowest BCUT2D eigenvalue weighted by atomic mass is 9.75. The molecule has 34 heavy (non-hydrogen) atoms. The molecule has 6 heteroatoms. The van der Waals surface area contributed by atoms with Crippen LogP contribution in [0.5, 0.6) is 0 Å². The summed E-state index contributed by atoms with van der Waals surface area (Å²) >= 11 is 0. The number of hydrogen-bond acceptors (Lipinski definition) is 5. The van der Waals surface area contributed by atoms with E-state index in [1.807, 2.05) is 54.6 Å². The molecule has 2 heterocycles. The van der Waals surface area contributed by atoms with Crippen molar-refractivity contribution in [2.24, 2.45) is 5.92 Å². The lowest BCUT2D eigenvalue weighted by Crippen LogP contribution is -2.43. The van der Waals surface area contributed by atoms with Crippen LogP contribution in [0.1, 0.15) is 18.4 Å². The first-order valence-electron chi connectivity index (χ1n) is 11.4. The summed E-state index contributed by atoms with van der Waals surface area (Å²) in [4.78, 5) is 42.0. The summed E-state index contributed by atoms with van der Waals surface area (Å²) in [6, 6.07) is 23.8. The molecule has 0 spiro atoms. The molecular formula is C28H22N2O4. The van der Waals surface area contributed by atoms with Crippen molar-refractivity contribution in [3.05, 3.63) is 84.4 Å². The Kier molecular flexibility index (Phi) is 4.62. The van der Waals surface area contributed by atoms with Crippen LogP contribution in [0.3, 0.4) is 0 Å². The second kappa shape index (κ2) is 7.70. The highest BCUT2D eigenvalue weighted by atomic mass is 16.5. The Morgan fingerprint density at radius 1 is 0.824 bits per heavy atom. The number of nitrogens with zero attached hydrogens (tertiary/aromatic N) is 1. The molecule has 4 aromatic rings. The Balaban J connectivity index is 1.64. The van der Waals surface area contributed by atoms with E-state index in [0.717, 1.165) is 21.5 Å². The molecule has 2 amide bonds. The molecule has 3 atom stereocenters. The van der Waals surface area contributed by atoms with E-state index in [9.17, 15) is 14.4 Å². The van der Waals surface area contributed by atoms with Gasteiger partial charge in [0.1, 0.15) is 6.04 Å². The van der Waals surface area contributed by atoms with E-state index in [1.54, 1.807) is 31.2 Å². The fourth-order valence-electron chi connectivity index (χ4n) is 5.49. The number of esters is 1. The van der Waals surface area contributed by atoms with Crippen molar-refractivity contribution in [1.29, 1.82) is 0 Å². The average molecular weight is 450 g/mol. The summed E-state index contributed by atoms with van der Waals surface area (Å²) in [5.74, 6) is -3.05. The molecule has 1 saturated heterocycles. The number of rotatable bonds is 3. The summed E-state index contributed by atoms with van der Waals surface area (Å²) in [7, 11) is 0. The highest BCUT2D eigenvalue weighted by molar-refractivity contribution is 6.27. The zero-order valence-electron chi connectivity index (χ0n) is 18.5. The van der Waals surface area contributed by atoms with Gasteiger partial charge in [-0.3, -0.25) is 14.4 Å². The molecular weight excluding hydrogens is 428 g/mol. The zero-order chi connectivity index (χ0) is 23.4. The minimum absolute atomic E-state index is 0.186. The largest absolute Gasteiger partial charge is 0.465 e. The average Bonchev–Trinajstić information content (AvgIpc) is 3.13. The Labute approximate surface area is 196 Å². The molecule has 2 aliphatic heterocycles. The second-order valence-corrected chi connectivity index (χ2v) is 8.60. The second-order valence-electron chi connectivity index (χ2n) is 8.60. The normalized spacial score (nSPS) is 21.3. The van der Waals surface area contributed by atoms with Crippen molar-refractivity contribution in [1.82, 2.24) is 0 Å². The van der Waals surface area contributed by atoms with E-state index in [1.165, 1.54) is 4.90 Å². The molecule has 6 nitrogen and oxygen atoms in total. The summed E-state index contributed by atoms with van der Waals surface area (Å²) in [5.41, 5.74) is 1.92. The lowest BCUT2D eigenvalue weighted by Gasteiger charge is -2.34. The Morgan fingerprint density at radius 3 is 2.09 bits per heavy atom. The van der Waals surface area contributed by atoms with Gasteiger partial charge in [-0.25, -0.2) is 4.90 Å². The summed E-state index contributed by atoms with van der Waals surface area (Å²) < 4.78 is 5.48. The SMILES string of the molecule is CCOC(=O)C1c2c(c3ccccc3c3ccccc23)NC2C(=O)N(c3ccccc3)C(=O)C21. The first-order valence-corrected chi connectivity index (χ1v) is 11.4. The minimum Gasteiger partial charge on any atom is -0.465 e. The molecule has 0 aromatic heterocycles. The molecule has 0 bridgehead atoms. The van der Waals surface area contributed by atoms with Gasteiger partial charge < -0.3 is 10.1 Å². The molecule has 0 radical (unpaired) electrons.